The van der Waals surface area contributed by atoms with Crippen LogP contribution in [0.15, 0.2) is 29.3 Å². The zero-order valence-corrected chi connectivity index (χ0v) is 8.40. The van der Waals surface area contributed by atoms with E-state index in [1.807, 2.05) is 0 Å². The van der Waals surface area contributed by atoms with Gasteiger partial charge >= 0.3 is 0 Å². The number of amidine groups is 1. The number of phenolic OH excluding ortho intramolecular Hbond substituents is 1. The van der Waals surface area contributed by atoms with Crippen molar-refractivity contribution in [1.82, 2.24) is 0 Å². The predicted molar refractivity (Wildman–Crippen MR) is 55.4 cm³/mol. The monoisotopic (exact) mass is 230 g/mol. The molecule has 0 unspecified atom stereocenters. The highest BCUT2D eigenvalue weighted by atomic mass is 79.9. The minimum Gasteiger partial charge on any atom is -0.508 e. The van der Waals surface area contributed by atoms with Crippen LogP contribution in [0.1, 0.15) is 6.92 Å². The lowest BCUT2D eigenvalue weighted by atomic mass is 10.3. The van der Waals surface area contributed by atoms with E-state index < -0.39 is 0 Å². The number of hydrogen-bond donors (Lipinski definition) is 2. The van der Waals surface area contributed by atoms with Gasteiger partial charge in [-0.2, -0.15) is 0 Å². The lowest BCUT2D eigenvalue weighted by Gasteiger charge is -1.94. The second-order valence-electron chi connectivity index (χ2n) is 2.27. The fourth-order valence-corrected chi connectivity index (χ4v) is 0.731. The van der Waals surface area contributed by atoms with Crippen LogP contribution >= 0.6 is 17.0 Å². The average Bonchev–Trinajstić information content (AvgIpc) is 1.93. The van der Waals surface area contributed by atoms with Crippen LogP contribution in [0.4, 0.5) is 5.69 Å². The van der Waals surface area contributed by atoms with Gasteiger partial charge in [0.05, 0.1) is 11.5 Å². The second-order valence-corrected chi connectivity index (χ2v) is 2.27. The van der Waals surface area contributed by atoms with Crippen LogP contribution < -0.4 is 5.73 Å². The van der Waals surface area contributed by atoms with E-state index in [1.165, 1.54) is 0 Å². The van der Waals surface area contributed by atoms with Gasteiger partial charge < -0.3 is 10.8 Å². The van der Waals surface area contributed by atoms with Gasteiger partial charge in [0, 0.05) is 0 Å². The molecule has 0 aliphatic heterocycles. The van der Waals surface area contributed by atoms with Crippen LogP contribution in [0.25, 0.3) is 0 Å². The third kappa shape index (κ3) is 3.39. The number of aliphatic imine (C=N–C) groups is 1. The largest absolute Gasteiger partial charge is 0.508 e. The maximum absolute atomic E-state index is 8.91. The third-order valence-electron chi connectivity index (χ3n) is 1.16. The number of nitrogens with two attached hydrogens (primary N) is 1. The van der Waals surface area contributed by atoms with Gasteiger partial charge in [0.2, 0.25) is 0 Å². The molecule has 0 saturated carbocycles. The van der Waals surface area contributed by atoms with Gasteiger partial charge in [0.25, 0.3) is 0 Å². The zero-order valence-electron chi connectivity index (χ0n) is 6.69. The normalized spacial score (nSPS) is 10.6. The van der Waals surface area contributed by atoms with E-state index in [9.17, 15) is 0 Å². The SMILES string of the molecule is Br.CC(N)=Nc1ccc(O)cc1. The topological polar surface area (TPSA) is 58.6 Å². The van der Waals surface area contributed by atoms with E-state index in [2.05, 4.69) is 4.99 Å². The van der Waals surface area contributed by atoms with E-state index >= 15 is 0 Å². The molecule has 1 aromatic rings. The summed E-state index contributed by atoms with van der Waals surface area (Å²) in [6.45, 7) is 1.72. The Morgan fingerprint density at radius 3 is 2.25 bits per heavy atom. The van der Waals surface area contributed by atoms with Crippen LogP contribution in [0, 0.1) is 0 Å². The number of hydrogen-bond acceptors (Lipinski definition) is 2. The Morgan fingerprint density at radius 2 is 1.83 bits per heavy atom. The summed E-state index contributed by atoms with van der Waals surface area (Å²) in [6, 6.07) is 6.54. The fourth-order valence-electron chi connectivity index (χ4n) is 0.731. The van der Waals surface area contributed by atoms with Gasteiger partial charge in [0.1, 0.15) is 5.75 Å². The standard InChI is InChI=1S/C8H10N2O.BrH/c1-6(9)10-7-2-4-8(11)5-3-7;/h2-5,11H,1H3,(H2,9,10);1H. The molecule has 1 aromatic carbocycles. The second kappa shape index (κ2) is 4.77. The van der Waals surface area contributed by atoms with Crippen LogP contribution in [0.2, 0.25) is 0 Å². The molecule has 0 aliphatic carbocycles. The van der Waals surface area contributed by atoms with Crippen LogP contribution in [-0.2, 0) is 0 Å². The van der Waals surface area contributed by atoms with Crippen molar-refractivity contribution in [3.05, 3.63) is 24.3 Å². The zero-order chi connectivity index (χ0) is 8.27. The molecular weight excluding hydrogens is 220 g/mol. The van der Waals surface area contributed by atoms with Crippen molar-refractivity contribution in [3.63, 3.8) is 0 Å². The molecule has 0 radical (unpaired) electrons. The highest BCUT2D eigenvalue weighted by Crippen LogP contribution is 2.15. The maximum atomic E-state index is 8.91. The molecule has 66 valence electrons. The van der Waals surface area contributed by atoms with Crippen molar-refractivity contribution in [1.29, 1.82) is 0 Å². The summed E-state index contributed by atoms with van der Waals surface area (Å²) < 4.78 is 0. The molecule has 0 aromatic heterocycles. The van der Waals surface area contributed by atoms with Crippen molar-refractivity contribution in [2.24, 2.45) is 10.7 Å². The molecule has 0 aliphatic rings. The van der Waals surface area contributed by atoms with Crippen molar-refractivity contribution < 1.29 is 5.11 Å². The van der Waals surface area contributed by atoms with E-state index in [0.29, 0.717) is 5.84 Å². The van der Waals surface area contributed by atoms with Crippen molar-refractivity contribution in [3.8, 4) is 5.75 Å². The fraction of sp³-hybridized carbons (Fsp3) is 0.125. The third-order valence-corrected chi connectivity index (χ3v) is 1.16. The highest BCUT2D eigenvalue weighted by Gasteiger charge is 1.88. The Labute approximate surface area is 81.7 Å². The smallest absolute Gasteiger partial charge is 0.115 e. The predicted octanol–water partition coefficient (Wildman–Crippen LogP) is 1.98. The summed E-state index contributed by atoms with van der Waals surface area (Å²) in [5.74, 6) is 0.745. The van der Waals surface area contributed by atoms with Crippen molar-refractivity contribution >= 4 is 28.5 Å². The highest BCUT2D eigenvalue weighted by molar-refractivity contribution is 8.93. The molecule has 0 saturated heterocycles. The Morgan fingerprint density at radius 1 is 1.33 bits per heavy atom. The Hall–Kier alpha value is -1.03. The van der Waals surface area contributed by atoms with E-state index in [4.69, 9.17) is 10.8 Å². The van der Waals surface area contributed by atoms with Crippen molar-refractivity contribution in [2.45, 2.75) is 6.92 Å². The summed E-state index contributed by atoms with van der Waals surface area (Å²) in [4.78, 5) is 3.98. The lowest BCUT2D eigenvalue weighted by Crippen LogP contribution is -2.03. The number of aromatic hydroxyl groups is 1. The molecule has 3 N–H and O–H groups in total. The molecule has 0 atom stereocenters. The molecule has 0 fully saturated rings. The first-order valence-corrected chi connectivity index (χ1v) is 3.28. The summed E-state index contributed by atoms with van der Waals surface area (Å²) in [5, 5.41) is 8.91. The minimum absolute atomic E-state index is 0. The van der Waals surface area contributed by atoms with Crippen LogP contribution in [0.5, 0.6) is 5.75 Å². The molecule has 12 heavy (non-hydrogen) atoms. The van der Waals surface area contributed by atoms with E-state index in [-0.39, 0.29) is 22.7 Å². The first kappa shape index (κ1) is 11.0. The van der Waals surface area contributed by atoms with E-state index in [1.54, 1.807) is 31.2 Å². The van der Waals surface area contributed by atoms with Gasteiger partial charge in [-0.05, 0) is 31.2 Å². The molecule has 4 heteroatoms. The molecule has 0 heterocycles. The van der Waals surface area contributed by atoms with Gasteiger partial charge in [-0.1, -0.05) is 0 Å². The Balaban J connectivity index is 0.00000121. The molecular formula is C8H11BrN2O. The Kier molecular flexibility index (Phi) is 4.36. The first-order valence-electron chi connectivity index (χ1n) is 3.28. The van der Waals surface area contributed by atoms with Crippen LogP contribution in [0.3, 0.4) is 0 Å². The summed E-state index contributed by atoms with van der Waals surface area (Å²) in [5.41, 5.74) is 6.10. The van der Waals surface area contributed by atoms with Gasteiger partial charge in [-0.3, -0.25) is 0 Å². The number of halogens is 1. The molecule has 3 nitrogen and oxygen atoms in total. The summed E-state index contributed by atoms with van der Waals surface area (Å²) in [7, 11) is 0. The quantitative estimate of drug-likeness (QED) is 0.573. The maximum Gasteiger partial charge on any atom is 0.115 e. The number of benzene rings is 1. The number of phenols is 1. The summed E-state index contributed by atoms with van der Waals surface area (Å²) in [6.07, 6.45) is 0. The van der Waals surface area contributed by atoms with E-state index in [0.717, 1.165) is 5.69 Å². The molecule has 0 bridgehead atoms. The van der Waals surface area contributed by atoms with Crippen molar-refractivity contribution in [2.75, 3.05) is 0 Å². The lowest BCUT2D eigenvalue weighted by molar-refractivity contribution is 0.475. The van der Waals surface area contributed by atoms with Crippen LogP contribution in [-0.4, -0.2) is 10.9 Å². The average molecular weight is 231 g/mol. The van der Waals surface area contributed by atoms with Gasteiger partial charge in [-0.15, -0.1) is 17.0 Å². The molecule has 0 spiro atoms. The Bertz CT molecular complexity index is 265. The molecule has 1 rings (SSSR count). The minimum atomic E-state index is 0. The number of nitrogens with zero attached hydrogens (tertiary/aromatic N) is 1. The number of rotatable bonds is 1. The first-order chi connectivity index (χ1) is 5.18. The van der Waals surface area contributed by atoms with Gasteiger partial charge in [0.15, 0.2) is 0 Å². The van der Waals surface area contributed by atoms with Gasteiger partial charge in [-0.25, -0.2) is 4.99 Å². The summed E-state index contributed by atoms with van der Waals surface area (Å²) >= 11 is 0. The molecule has 0 amide bonds.